The van der Waals surface area contributed by atoms with Gasteiger partial charge in [0, 0.05) is 16.7 Å². The van der Waals surface area contributed by atoms with Gasteiger partial charge < -0.3 is 21.9 Å². The van der Waals surface area contributed by atoms with Gasteiger partial charge in [0.05, 0.1) is 11.9 Å². The topological polar surface area (TPSA) is 4.44 Å². The Labute approximate surface area is 168 Å². The normalized spacial score (nSPS) is 13.6. The van der Waals surface area contributed by atoms with Crippen molar-refractivity contribution in [3.63, 3.8) is 0 Å². The molecule has 0 saturated heterocycles. The van der Waals surface area contributed by atoms with Crippen LogP contribution in [-0.2, 0) is 6.54 Å². The van der Waals surface area contributed by atoms with Gasteiger partial charge in [-0.2, -0.15) is 0 Å². The van der Waals surface area contributed by atoms with Gasteiger partial charge in [-0.3, -0.25) is 0 Å². The predicted molar refractivity (Wildman–Crippen MR) is 103 cm³/mol. The highest BCUT2D eigenvalue weighted by Crippen LogP contribution is 2.41. The molecule has 1 aliphatic carbocycles. The summed E-state index contributed by atoms with van der Waals surface area (Å²) in [7, 11) is 0. The Balaban J connectivity index is 0.00000182. The molecule has 0 bridgehead atoms. The van der Waals surface area contributed by atoms with E-state index in [1.54, 1.807) is 4.90 Å². The number of fused-ring (bicyclic) bond motifs is 3. The zero-order valence-electron chi connectivity index (χ0n) is 14.0. The van der Waals surface area contributed by atoms with E-state index in [0.717, 1.165) is 18.4 Å². The van der Waals surface area contributed by atoms with E-state index < -0.39 is 0 Å². The van der Waals surface area contributed by atoms with Gasteiger partial charge in [-0.15, -0.1) is 0 Å². The van der Waals surface area contributed by atoms with E-state index in [9.17, 15) is 0 Å². The Kier molecular flexibility index (Phi) is 6.10. The van der Waals surface area contributed by atoms with Gasteiger partial charge in [-0.25, -0.2) is 0 Å². The van der Waals surface area contributed by atoms with Crippen molar-refractivity contribution in [2.45, 2.75) is 12.6 Å². The average Bonchev–Trinajstić information content (AvgIpc) is 2.97. The largest absolute Gasteiger partial charge is 1.00 e. The highest BCUT2D eigenvalue weighted by atomic mass is 79.9. The van der Waals surface area contributed by atoms with Crippen LogP contribution in [-0.4, -0.2) is 11.9 Å². The predicted octanol–water partition coefficient (Wildman–Crippen LogP) is 1.24. The van der Waals surface area contributed by atoms with E-state index in [4.69, 9.17) is 0 Å². The monoisotopic (exact) mass is 457 g/mol. The molecule has 1 unspecified atom stereocenters. The van der Waals surface area contributed by atoms with Crippen molar-refractivity contribution in [1.29, 1.82) is 0 Å². The smallest absolute Gasteiger partial charge is 0.140 e. The molecule has 4 rings (SSSR count). The first-order valence-electron chi connectivity index (χ1n) is 8.51. The molecule has 0 saturated carbocycles. The molecule has 3 aromatic carbocycles. The maximum Gasteiger partial charge on any atom is 0.140 e. The molecule has 0 fully saturated rings. The van der Waals surface area contributed by atoms with Crippen molar-refractivity contribution in [3.05, 3.63) is 95.6 Å². The zero-order chi connectivity index (χ0) is 16.4. The number of quaternary nitrogens is 1. The summed E-state index contributed by atoms with van der Waals surface area (Å²) in [5, 5.41) is 1.01. The minimum atomic E-state index is 0. The molecule has 1 atom stereocenters. The van der Waals surface area contributed by atoms with Crippen LogP contribution in [0.1, 0.15) is 22.7 Å². The van der Waals surface area contributed by atoms with E-state index in [0.29, 0.717) is 6.04 Å². The molecule has 1 nitrogen and oxygen atoms in total. The minimum Gasteiger partial charge on any atom is -1.00 e. The Morgan fingerprint density at radius 3 is 1.80 bits per heavy atom. The van der Waals surface area contributed by atoms with Crippen LogP contribution < -0.4 is 21.9 Å². The van der Waals surface area contributed by atoms with E-state index in [1.165, 1.54) is 27.8 Å². The summed E-state index contributed by atoms with van der Waals surface area (Å²) in [6, 6.07) is 29.0. The second-order valence-corrected chi connectivity index (χ2v) is 7.16. The summed E-state index contributed by atoms with van der Waals surface area (Å²) in [6.45, 7) is 2.14. The standard InChI is InChI=1S/C22H20BrN.BrH/c23-14-15-24(16-17-8-2-1-3-9-17)22-20-12-6-4-10-18(20)19-11-5-7-13-21(19)22;/h1-13,22H,14-16H2;1H. The van der Waals surface area contributed by atoms with Gasteiger partial charge >= 0.3 is 0 Å². The molecule has 1 N–H and O–H groups in total. The third-order valence-corrected chi connectivity index (χ3v) is 5.33. The molecule has 1 aliphatic rings. The molecule has 0 amide bonds. The third kappa shape index (κ3) is 3.59. The van der Waals surface area contributed by atoms with Gasteiger partial charge in [0.2, 0.25) is 0 Å². The lowest BCUT2D eigenvalue weighted by molar-refractivity contribution is -0.936. The molecule has 128 valence electrons. The molecule has 3 heteroatoms. The number of rotatable bonds is 5. The summed E-state index contributed by atoms with van der Waals surface area (Å²) in [5.74, 6) is 0. The van der Waals surface area contributed by atoms with Crippen LogP contribution in [0, 0.1) is 0 Å². The lowest BCUT2D eigenvalue weighted by Gasteiger charge is -2.27. The van der Waals surface area contributed by atoms with Gasteiger partial charge in [0.1, 0.15) is 12.6 Å². The SMILES string of the molecule is BrCC[NH+](Cc1ccccc1)C1c2ccccc2-c2ccccc21.[Br-]. The third-order valence-electron chi connectivity index (χ3n) is 4.93. The maximum absolute atomic E-state index is 3.67. The average molecular weight is 459 g/mol. The highest BCUT2D eigenvalue weighted by Gasteiger charge is 2.35. The number of nitrogens with one attached hydrogen (secondary N) is 1. The van der Waals surface area contributed by atoms with Crippen LogP contribution in [0.3, 0.4) is 0 Å². The van der Waals surface area contributed by atoms with Crippen LogP contribution in [0.15, 0.2) is 78.9 Å². The minimum absolute atomic E-state index is 0. The van der Waals surface area contributed by atoms with E-state index >= 15 is 0 Å². The summed E-state index contributed by atoms with van der Waals surface area (Å²) in [6.07, 6.45) is 0. The fourth-order valence-corrected chi connectivity index (χ4v) is 4.42. The fraction of sp³-hybridized carbons (Fsp3) is 0.182. The van der Waals surface area contributed by atoms with Crippen LogP contribution in [0.4, 0.5) is 0 Å². The Hall–Kier alpha value is -1.42. The number of halogens is 2. The lowest BCUT2D eigenvalue weighted by atomic mass is 10.0. The second kappa shape index (κ2) is 8.31. The molecule has 0 radical (unpaired) electrons. The van der Waals surface area contributed by atoms with Crippen molar-refractivity contribution < 1.29 is 21.9 Å². The summed E-state index contributed by atoms with van der Waals surface area (Å²) in [5.41, 5.74) is 7.13. The summed E-state index contributed by atoms with van der Waals surface area (Å²) in [4.78, 5) is 1.59. The first-order chi connectivity index (χ1) is 11.9. The van der Waals surface area contributed by atoms with Crippen molar-refractivity contribution in [1.82, 2.24) is 0 Å². The van der Waals surface area contributed by atoms with Crippen molar-refractivity contribution >= 4 is 15.9 Å². The number of hydrogen-bond acceptors (Lipinski definition) is 0. The Morgan fingerprint density at radius 2 is 1.24 bits per heavy atom. The van der Waals surface area contributed by atoms with Crippen molar-refractivity contribution in [3.8, 4) is 11.1 Å². The van der Waals surface area contributed by atoms with Crippen molar-refractivity contribution in [2.75, 3.05) is 11.9 Å². The van der Waals surface area contributed by atoms with Gasteiger partial charge in [0.25, 0.3) is 0 Å². The quantitative estimate of drug-likeness (QED) is 0.548. The van der Waals surface area contributed by atoms with Crippen LogP contribution in [0.5, 0.6) is 0 Å². The highest BCUT2D eigenvalue weighted by molar-refractivity contribution is 9.09. The second-order valence-electron chi connectivity index (χ2n) is 6.37. The van der Waals surface area contributed by atoms with E-state index in [1.807, 2.05) is 0 Å². The van der Waals surface area contributed by atoms with E-state index in [2.05, 4.69) is 94.8 Å². The summed E-state index contributed by atoms with van der Waals surface area (Å²) >= 11 is 3.67. The molecule has 0 aliphatic heterocycles. The van der Waals surface area contributed by atoms with Gasteiger partial charge in [-0.1, -0.05) is 94.8 Å². The maximum atomic E-state index is 3.67. The van der Waals surface area contributed by atoms with Crippen LogP contribution in [0.25, 0.3) is 11.1 Å². The number of benzene rings is 3. The van der Waals surface area contributed by atoms with Gasteiger partial charge in [-0.05, 0) is 11.1 Å². The van der Waals surface area contributed by atoms with Crippen LogP contribution in [0.2, 0.25) is 0 Å². The zero-order valence-corrected chi connectivity index (χ0v) is 17.1. The first-order valence-corrected chi connectivity index (χ1v) is 9.63. The first kappa shape index (κ1) is 18.4. The van der Waals surface area contributed by atoms with Crippen molar-refractivity contribution in [2.24, 2.45) is 0 Å². The van der Waals surface area contributed by atoms with Crippen LogP contribution >= 0.6 is 15.9 Å². The van der Waals surface area contributed by atoms with E-state index in [-0.39, 0.29) is 17.0 Å². The summed E-state index contributed by atoms with van der Waals surface area (Å²) < 4.78 is 0. The molecule has 25 heavy (non-hydrogen) atoms. The fourth-order valence-electron chi connectivity index (χ4n) is 3.91. The Bertz CT molecular complexity index is 787. The number of alkyl halides is 1. The molecule has 3 aromatic rings. The molecular weight excluding hydrogens is 438 g/mol. The molecular formula is C22H21Br2N. The lowest BCUT2D eigenvalue weighted by Crippen LogP contribution is -3.11. The molecule has 0 spiro atoms. The number of hydrogen-bond donors (Lipinski definition) is 1. The Morgan fingerprint density at radius 1 is 0.720 bits per heavy atom. The molecule has 0 aromatic heterocycles. The van der Waals surface area contributed by atoms with Gasteiger partial charge in [0.15, 0.2) is 0 Å². The molecule has 0 heterocycles.